The van der Waals surface area contributed by atoms with Crippen LogP contribution in [0.3, 0.4) is 0 Å². The summed E-state index contributed by atoms with van der Waals surface area (Å²) < 4.78 is 0. The summed E-state index contributed by atoms with van der Waals surface area (Å²) in [6.45, 7) is 4.14. The van der Waals surface area contributed by atoms with E-state index in [0.29, 0.717) is 0 Å². The second-order valence-corrected chi connectivity index (χ2v) is 5.04. The lowest BCUT2D eigenvalue weighted by Gasteiger charge is -2.12. The van der Waals surface area contributed by atoms with Crippen molar-refractivity contribution in [2.75, 3.05) is 5.75 Å². The third-order valence-electron chi connectivity index (χ3n) is 1.90. The van der Waals surface area contributed by atoms with Gasteiger partial charge >= 0.3 is 0 Å². The van der Waals surface area contributed by atoms with Crippen LogP contribution in [-0.2, 0) is 6.42 Å². The van der Waals surface area contributed by atoms with Crippen LogP contribution in [0.25, 0.3) is 0 Å². The van der Waals surface area contributed by atoms with E-state index in [4.69, 9.17) is 17.3 Å². The Morgan fingerprint density at radius 2 is 2.21 bits per heavy atom. The van der Waals surface area contributed by atoms with Gasteiger partial charge in [0.2, 0.25) is 0 Å². The zero-order chi connectivity index (χ0) is 10.6. The Kier molecular flexibility index (Phi) is 4.79. The van der Waals surface area contributed by atoms with Crippen molar-refractivity contribution in [3.63, 3.8) is 0 Å². The van der Waals surface area contributed by atoms with Crippen molar-refractivity contribution in [2.45, 2.75) is 31.2 Å². The summed E-state index contributed by atoms with van der Waals surface area (Å²) >= 11 is 7.96. The normalized spacial score (nSPS) is 12.9. The molecule has 2 N–H and O–H groups in total. The summed E-state index contributed by atoms with van der Waals surface area (Å²) in [6, 6.07) is 6.19. The highest BCUT2D eigenvalue weighted by atomic mass is 35.5. The van der Waals surface area contributed by atoms with Crippen LogP contribution in [0.4, 0.5) is 0 Å². The molecule has 0 aliphatic carbocycles. The maximum absolute atomic E-state index is 6.14. The van der Waals surface area contributed by atoms with Gasteiger partial charge in [0.05, 0.1) is 0 Å². The molecule has 0 saturated carbocycles. The van der Waals surface area contributed by atoms with Crippen LogP contribution >= 0.6 is 23.4 Å². The fourth-order valence-electron chi connectivity index (χ4n) is 1.35. The third kappa shape index (κ3) is 3.19. The van der Waals surface area contributed by atoms with Gasteiger partial charge in [0, 0.05) is 16.0 Å². The first-order valence-electron chi connectivity index (χ1n) is 4.81. The Balaban J connectivity index is 2.96. The van der Waals surface area contributed by atoms with Gasteiger partial charge in [-0.2, -0.15) is 0 Å². The van der Waals surface area contributed by atoms with E-state index in [2.05, 4.69) is 13.0 Å². The summed E-state index contributed by atoms with van der Waals surface area (Å²) in [5, 5.41) is 0.834. The number of hydrogen-bond donors (Lipinski definition) is 1. The molecule has 1 atom stereocenters. The van der Waals surface area contributed by atoms with E-state index in [0.717, 1.165) is 17.2 Å². The first-order chi connectivity index (χ1) is 6.65. The van der Waals surface area contributed by atoms with Gasteiger partial charge in [-0.1, -0.05) is 24.6 Å². The summed E-state index contributed by atoms with van der Waals surface area (Å²) in [5.74, 6) is 1.06. The highest BCUT2D eigenvalue weighted by molar-refractivity contribution is 7.99. The molecule has 0 amide bonds. The standard InChI is InChI=1S/C11H16ClNS/c1-3-14-11-6-4-5-10(12)9(11)7-8(2)13/h4-6,8H,3,7,13H2,1-2H3. The van der Waals surface area contributed by atoms with E-state index < -0.39 is 0 Å². The van der Waals surface area contributed by atoms with Crippen molar-refractivity contribution in [2.24, 2.45) is 5.73 Å². The van der Waals surface area contributed by atoms with Gasteiger partial charge in [-0.3, -0.25) is 0 Å². The van der Waals surface area contributed by atoms with E-state index in [1.165, 1.54) is 10.5 Å². The minimum absolute atomic E-state index is 0.158. The molecule has 0 spiro atoms. The Labute approximate surface area is 95.0 Å². The largest absolute Gasteiger partial charge is 0.328 e. The minimum atomic E-state index is 0.158. The average Bonchev–Trinajstić information content (AvgIpc) is 2.11. The van der Waals surface area contributed by atoms with Crippen LogP contribution in [-0.4, -0.2) is 11.8 Å². The third-order valence-corrected chi connectivity index (χ3v) is 3.24. The van der Waals surface area contributed by atoms with Gasteiger partial charge in [0.15, 0.2) is 0 Å². The van der Waals surface area contributed by atoms with Crippen LogP contribution in [0.1, 0.15) is 19.4 Å². The molecule has 1 aromatic rings. The lowest BCUT2D eigenvalue weighted by Crippen LogP contribution is -2.18. The van der Waals surface area contributed by atoms with Crippen LogP contribution in [0.15, 0.2) is 23.1 Å². The quantitative estimate of drug-likeness (QED) is 0.802. The Morgan fingerprint density at radius 1 is 1.50 bits per heavy atom. The molecule has 0 aromatic heterocycles. The second-order valence-electron chi connectivity index (χ2n) is 3.33. The van der Waals surface area contributed by atoms with Crippen LogP contribution in [0.2, 0.25) is 5.02 Å². The van der Waals surface area contributed by atoms with Crippen molar-refractivity contribution in [3.05, 3.63) is 28.8 Å². The summed E-state index contributed by atoms with van der Waals surface area (Å²) in [6.07, 6.45) is 0.849. The fraction of sp³-hybridized carbons (Fsp3) is 0.455. The molecule has 1 rings (SSSR count). The zero-order valence-corrected chi connectivity index (χ0v) is 10.2. The van der Waals surface area contributed by atoms with Gasteiger partial charge in [0.1, 0.15) is 0 Å². The predicted molar refractivity (Wildman–Crippen MR) is 65.2 cm³/mol. The van der Waals surface area contributed by atoms with Crippen LogP contribution in [0, 0.1) is 0 Å². The molecule has 1 aromatic carbocycles. The van der Waals surface area contributed by atoms with Gasteiger partial charge in [-0.25, -0.2) is 0 Å². The van der Waals surface area contributed by atoms with E-state index in [1.807, 2.05) is 30.8 Å². The molecule has 78 valence electrons. The van der Waals surface area contributed by atoms with E-state index in [1.54, 1.807) is 0 Å². The predicted octanol–water partition coefficient (Wildman–Crippen LogP) is 3.34. The summed E-state index contributed by atoms with van der Waals surface area (Å²) in [7, 11) is 0. The lowest BCUT2D eigenvalue weighted by atomic mass is 10.1. The summed E-state index contributed by atoms with van der Waals surface area (Å²) in [5.41, 5.74) is 6.98. The molecule has 0 fully saturated rings. The molecular formula is C11H16ClNS. The van der Waals surface area contributed by atoms with Gasteiger partial charge in [0.25, 0.3) is 0 Å². The first-order valence-corrected chi connectivity index (χ1v) is 6.17. The van der Waals surface area contributed by atoms with Crippen LogP contribution < -0.4 is 5.73 Å². The molecule has 0 aliphatic heterocycles. The Morgan fingerprint density at radius 3 is 2.79 bits per heavy atom. The molecule has 0 heterocycles. The summed E-state index contributed by atoms with van der Waals surface area (Å²) in [4.78, 5) is 1.26. The average molecular weight is 230 g/mol. The number of nitrogens with two attached hydrogens (primary N) is 1. The van der Waals surface area contributed by atoms with Crippen LogP contribution in [0.5, 0.6) is 0 Å². The van der Waals surface area contributed by atoms with Gasteiger partial charge in [-0.05, 0) is 36.8 Å². The van der Waals surface area contributed by atoms with Crippen molar-refractivity contribution < 1.29 is 0 Å². The number of thioether (sulfide) groups is 1. The maximum Gasteiger partial charge on any atom is 0.0449 e. The molecule has 0 saturated heterocycles. The molecule has 0 aliphatic rings. The van der Waals surface area contributed by atoms with E-state index >= 15 is 0 Å². The molecule has 14 heavy (non-hydrogen) atoms. The van der Waals surface area contributed by atoms with Gasteiger partial charge in [-0.15, -0.1) is 11.8 Å². The Hall–Kier alpha value is -0.180. The molecule has 0 bridgehead atoms. The molecule has 1 unspecified atom stereocenters. The van der Waals surface area contributed by atoms with Gasteiger partial charge < -0.3 is 5.73 Å². The number of benzene rings is 1. The number of rotatable bonds is 4. The SMILES string of the molecule is CCSc1cccc(Cl)c1CC(C)N. The highest BCUT2D eigenvalue weighted by Gasteiger charge is 2.08. The second kappa shape index (κ2) is 5.64. The monoisotopic (exact) mass is 229 g/mol. The molecule has 3 heteroatoms. The number of hydrogen-bond acceptors (Lipinski definition) is 2. The lowest BCUT2D eigenvalue weighted by molar-refractivity contribution is 0.729. The molecule has 1 nitrogen and oxygen atoms in total. The first kappa shape index (κ1) is 11.9. The molecule has 0 radical (unpaired) electrons. The Bertz CT molecular complexity index is 299. The fourth-order valence-corrected chi connectivity index (χ4v) is 2.51. The maximum atomic E-state index is 6.14. The van der Waals surface area contributed by atoms with E-state index in [-0.39, 0.29) is 6.04 Å². The molecular weight excluding hydrogens is 214 g/mol. The van der Waals surface area contributed by atoms with E-state index in [9.17, 15) is 0 Å². The topological polar surface area (TPSA) is 26.0 Å². The van der Waals surface area contributed by atoms with Crippen molar-refractivity contribution in [3.8, 4) is 0 Å². The minimum Gasteiger partial charge on any atom is -0.328 e. The van der Waals surface area contributed by atoms with Crippen molar-refractivity contribution in [1.82, 2.24) is 0 Å². The smallest absolute Gasteiger partial charge is 0.0449 e. The zero-order valence-electron chi connectivity index (χ0n) is 8.59. The van der Waals surface area contributed by atoms with Crippen molar-refractivity contribution in [1.29, 1.82) is 0 Å². The highest BCUT2D eigenvalue weighted by Crippen LogP contribution is 2.29. The number of halogens is 1. The van der Waals surface area contributed by atoms with Crippen molar-refractivity contribution >= 4 is 23.4 Å².